The molecule has 1 saturated heterocycles. The second-order valence-corrected chi connectivity index (χ2v) is 13.3. The third kappa shape index (κ3) is 8.74. The van der Waals surface area contributed by atoms with Gasteiger partial charge in [-0.05, 0) is 87.7 Å². The second kappa shape index (κ2) is 14.8. The second-order valence-electron chi connectivity index (χ2n) is 11.6. The molecule has 3 aromatic carbocycles. The van der Waals surface area contributed by atoms with Gasteiger partial charge in [0, 0.05) is 29.6 Å². The number of rotatable bonds is 11. The zero-order chi connectivity index (χ0) is 32.7. The summed E-state index contributed by atoms with van der Waals surface area (Å²) in [6, 6.07) is 18.1. The largest absolute Gasteiger partial charge is 0.493 e. The number of halogens is 1. The maximum atomic E-state index is 13.9. The molecule has 8 nitrogen and oxygen atoms in total. The molecule has 1 aliphatic rings. The summed E-state index contributed by atoms with van der Waals surface area (Å²) < 4.78 is 11.0. The van der Waals surface area contributed by atoms with Crippen LogP contribution in [0.15, 0.2) is 60.7 Å². The fourth-order valence-electron chi connectivity index (χ4n) is 4.78. The highest BCUT2D eigenvalue weighted by molar-refractivity contribution is 8.01. The average Bonchev–Trinajstić information content (AvgIpc) is 3.31. The number of ether oxygens (including phenoxy) is 2. The molecule has 0 saturated carbocycles. The topological polar surface area (TPSA) is 111 Å². The minimum absolute atomic E-state index is 0.000277. The quantitative estimate of drug-likeness (QED) is 0.242. The van der Waals surface area contributed by atoms with Gasteiger partial charge in [0.25, 0.3) is 0 Å². The van der Waals surface area contributed by atoms with Gasteiger partial charge in [0.2, 0.25) is 17.7 Å². The standard InChI is InChI=1S/C35H38ClN3O5S/c1-6-44-28-13-10-23(19-29(28)43-5)15-17-38-31(40)21-30-33(42)39(25-11-12-26(32(37)41)27(36)20-25)34(45-30)24-9-7-8-22(18-24)14-16-35(2,3)4/h7-13,18-20,30,34H,6,15,17,21H2,1-5H3,(H2,37,41)(H,38,40). The van der Waals surface area contributed by atoms with E-state index in [1.54, 1.807) is 24.1 Å². The van der Waals surface area contributed by atoms with E-state index in [1.165, 1.54) is 17.8 Å². The lowest BCUT2D eigenvalue weighted by molar-refractivity contribution is -0.124. The van der Waals surface area contributed by atoms with Gasteiger partial charge in [-0.25, -0.2) is 0 Å². The first-order valence-corrected chi connectivity index (χ1v) is 16.0. The highest BCUT2D eigenvalue weighted by Gasteiger charge is 2.43. The number of nitrogens with one attached hydrogen (secondary N) is 1. The van der Waals surface area contributed by atoms with Crippen LogP contribution in [-0.4, -0.2) is 43.2 Å². The van der Waals surface area contributed by atoms with Crippen LogP contribution in [0.3, 0.4) is 0 Å². The van der Waals surface area contributed by atoms with E-state index < -0.39 is 16.5 Å². The summed E-state index contributed by atoms with van der Waals surface area (Å²) in [7, 11) is 1.59. The molecule has 3 N–H and O–H groups in total. The SMILES string of the molecule is CCOc1ccc(CCNC(=O)CC2SC(c3cccc(C#CC(C)(C)C)c3)N(c3ccc(C(N)=O)c(Cl)c3)C2=O)cc1OC. The van der Waals surface area contributed by atoms with Gasteiger partial charge < -0.3 is 20.5 Å². The predicted molar refractivity (Wildman–Crippen MR) is 180 cm³/mol. The molecule has 0 radical (unpaired) electrons. The maximum absolute atomic E-state index is 13.9. The third-order valence-corrected chi connectivity index (χ3v) is 8.68. The summed E-state index contributed by atoms with van der Waals surface area (Å²) in [5, 5.41) is 2.01. The van der Waals surface area contributed by atoms with Crippen molar-refractivity contribution in [3.63, 3.8) is 0 Å². The molecule has 45 heavy (non-hydrogen) atoms. The first kappa shape index (κ1) is 33.8. The Morgan fingerprint density at radius 1 is 1.09 bits per heavy atom. The Morgan fingerprint density at radius 2 is 1.87 bits per heavy atom. The molecular formula is C35H38ClN3O5S. The van der Waals surface area contributed by atoms with Crippen LogP contribution in [0.5, 0.6) is 11.5 Å². The molecule has 0 spiro atoms. The van der Waals surface area contributed by atoms with Crippen LogP contribution in [0.1, 0.15) is 66.5 Å². The molecule has 3 aromatic rings. The maximum Gasteiger partial charge on any atom is 0.250 e. The number of thioether (sulfide) groups is 1. The third-order valence-electron chi connectivity index (χ3n) is 6.92. The lowest BCUT2D eigenvalue weighted by Gasteiger charge is -2.25. The highest BCUT2D eigenvalue weighted by atomic mass is 35.5. The Balaban J connectivity index is 1.53. The van der Waals surface area contributed by atoms with Gasteiger partial charge in [-0.15, -0.1) is 11.8 Å². The molecule has 0 bridgehead atoms. The van der Waals surface area contributed by atoms with E-state index in [-0.39, 0.29) is 34.2 Å². The fourth-order valence-corrected chi connectivity index (χ4v) is 6.49. The zero-order valence-electron chi connectivity index (χ0n) is 26.1. The number of hydrogen-bond donors (Lipinski definition) is 2. The molecule has 1 heterocycles. The van der Waals surface area contributed by atoms with E-state index in [0.29, 0.717) is 36.8 Å². The molecule has 2 unspecified atom stereocenters. The van der Waals surface area contributed by atoms with Gasteiger partial charge >= 0.3 is 0 Å². The molecule has 4 rings (SSSR count). The predicted octanol–water partition coefficient (Wildman–Crippen LogP) is 6.14. The van der Waals surface area contributed by atoms with E-state index in [9.17, 15) is 14.4 Å². The van der Waals surface area contributed by atoms with Crippen molar-refractivity contribution in [2.45, 2.75) is 51.2 Å². The monoisotopic (exact) mass is 647 g/mol. The minimum atomic E-state index is -0.659. The summed E-state index contributed by atoms with van der Waals surface area (Å²) in [5.41, 5.74) is 8.62. The zero-order valence-corrected chi connectivity index (χ0v) is 27.7. The summed E-state index contributed by atoms with van der Waals surface area (Å²) >= 11 is 7.78. The van der Waals surface area contributed by atoms with E-state index in [4.69, 9.17) is 26.8 Å². The highest BCUT2D eigenvalue weighted by Crippen LogP contribution is 2.47. The molecule has 0 aliphatic carbocycles. The Morgan fingerprint density at radius 3 is 2.53 bits per heavy atom. The van der Waals surface area contributed by atoms with Crippen LogP contribution >= 0.6 is 23.4 Å². The number of anilines is 1. The van der Waals surface area contributed by atoms with Crippen molar-refractivity contribution < 1.29 is 23.9 Å². The minimum Gasteiger partial charge on any atom is -0.493 e. The number of carbonyl (C=O) groups excluding carboxylic acids is 3. The number of carbonyl (C=O) groups is 3. The van der Waals surface area contributed by atoms with Gasteiger partial charge in [0.1, 0.15) is 5.37 Å². The van der Waals surface area contributed by atoms with Crippen molar-refractivity contribution in [3.8, 4) is 23.3 Å². The van der Waals surface area contributed by atoms with Crippen LogP contribution in [0, 0.1) is 17.3 Å². The Labute approximate surface area is 274 Å². The first-order chi connectivity index (χ1) is 21.4. The van der Waals surface area contributed by atoms with E-state index in [0.717, 1.165) is 16.7 Å². The van der Waals surface area contributed by atoms with Gasteiger partial charge in [0.15, 0.2) is 11.5 Å². The molecule has 3 amide bonds. The lowest BCUT2D eigenvalue weighted by Crippen LogP contribution is -2.34. The average molecular weight is 648 g/mol. The summed E-state index contributed by atoms with van der Waals surface area (Å²) in [6.45, 7) is 8.97. The molecule has 0 aromatic heterocycles. The van der Waals surface area contributed by atoms with Crippen LogP contribution in [0.2, 0.25) is 5.02 Å². The smallest absolute Gasteiger partial charge is 0.250 e. The number of benzene rings is 3. The molecule has 10 heteroatoms. The van der Waals surface area contributed by atoms with Crippen molar-refractivity contribution in [3.05, 3.63) is 87.9 Å². The van der Waals surface area contributed by atoms with Gasteiger partial charge in [-0.3, -0.25) is 19.3 Å². The van der Waals surface area contributed by atoms with Crippen LogP contribution in [0.25, 0.3) is 0 Å². The van der Waals surface area contributed by atoms with Gasteiger partial charge in [0.05, 0.1) is 29.6 Å². The summed E-state index contributed by atoms with van der Waals surface area (Å²) in [6.07, 6.45) is 0.585. The number of hydrogen-bond acceptors (Lipinski definition) is 6. The molecule has 2 atom stereocenters. The van der Waals surface area contributed by atoms with Crippen molar-refractivity contribution in [1.29, 1.82) is 0 Å². The normalized spacial score (nSPS) is 16.1. The molecule has 1 fully saturated rings. The molecule has 236 valence electrons. The van der Waals surface area contributed by atoms with Crippen molar-refractivity contribution in [2.24, 2.45) is 11.1 Å². The molecular weight excluding hydrogens is 610 g/mol. The first-order valence-electron chi connectivity index (χ1n) is 14.7. The van der Waals surface area contributed by atoms with Crippen molar-refractivity contribution >= 4 is 46.8 Å². The fraction of sp³-hybridized carbons (Fsp3) is 0.343. The number of nitrogens with two attached hydrogens (primary N) is 1. The van der Waals surface area contributed by atoms with Crippen molar-refractivity contribution in [2.75, 3.05) is 25.2 Å². The van der Waals surface area contributed by atoms with Crippen molar-refractivity contribution in [1.82, 2.24) is 5.32 Å². The number of nitrogens with zero attached hydrogens (tertiary/aromatic N) is 1. The summed E-state index contributed by atoms with van der Waals surface area (Å²) in [5.74, 6) is 6.66. The van der Waals surface area contributed by atoms with E-state index >= 15 is 0 Å². The number of methoxy groups -OCH3 is 1. The molecule has 1 aliphatic heterocycles. The van der Waals surface area contributed by atoms with Crippen LogP contribution in [-0.2, 0) is 16.0 Å². The summed E-state index contributed by atoms with van der Waals surface area (Å²) in [4.78, 5) is 40.4. The Bertz CT molecular complexity index is 1640. The van der Waals surface area contributed by atoms with Crippen LogP contribution < -0.4 is 25.4 Å². The van der Waals surface area contributed by atoms with Crippen LogP contribution in [0.4, 0.5) is 5.69 Å². The van der Waals surface area contributed by atoms with E-state index in [1.807, 2.05) is 70.2 Å². The Hall–Kier alpha value is -4.13. The number of primary amides is 1. The van der Waals surface area contributed by atoms with E-state index in [2.05, 4.69) is 17.2 Å². The van der Waals surface area contributed by atoms with Gasteiger partial charge in [-0.2, -0.15) is 0 Å². The number of amides is 3. The Kier molecular flexibility index (Phi) is 11.1. The van der Waals surface area contributed by atoms with Gasteiger partial charge in [-0.1, -0.05) is 41.6 Å². The lowest BCUT2D eigenvalue weighted by atomic mass is 9.97.